The average Bonchev–Trinajstić information content (AvgIpc) is 3.00. The van der Waals surface area contributed by atoms with E-state index in [0.717, 1.165) is 5.39 Å². The molecule has 1 aromatic heterocycles. The predicted octanol–water partition coefficient (Wildman–Crippen LogP) is 1.66. The van der Waals surface area contributed by atoms with Gasteiger partial charge in [0, 0.05) is 28.6 Å². The van der Waals surface area contributed by atoms with Crippen LogP contribution in [0.15, 0.2) is 24.4 Å². The Bertz CT molecular complexity index is 843. The lowest BCUT2D eigenvalue weighted by Gasteiger charge is -2.05. The maximum atomic E-state index is 12.4. The van der Waals surface area contributed by atoms with E-state index in [4.69, 9.17) is 5.26 Å². The number of fused-ring (bicyclic) bond motifs is 1. The van der Waals surface area contributed by atoms with Crippen molar-refractivity contribution in [2.24, 2.45) is 5.92 Å². The van der Waals surface area contributed by atoms with E-state index in [-0.39, 0.29) is 17.3 Å². The zero-order chi connectivity index (χ0) is 14.3. The summed E-state index contributed by atoms with van der Waals surface area (Å²) in [5, 5.41) is 9.58. The van der Waals surface area contributed by atoms with Crippen LogP contribution in [-0.2, 0) is 9.84 Å². The van der Waals surface area contributed by atoms with Gasteiger partial charge in [-0.25, -0.2) is 8.42 Å². The van der Waals surface area contributed by atoms with Gasteiger partial charge in [-0.05, 0) is 18.6 Å². The van der Waals surface area contributed by atoms with E-state index in [1.54, 1.807) is 24.4 Å². The Hall–Kier alpha value is -2.13. The van der Waals surface area contributed by atoms with Gasteiger partial charge in [-0.15, -0.1) is 0 Å². The molecule has 1 aliphatic rings. The van der Waals surface area contributed by atoms with Crippen molar-refractivity contribution in [2.75, 3.05) is 11.5 Å². The van der Waals surface area contributed by atoms with Crippen molar-refractivity contribution in [3.05, 3.63) is 35.5 Å². The van der Waals surface area contributed by atoms with Gasteiger partial charge in [-0.1, -0.05) is 6.07 Å². The maximum absolute atomic E-state index is 12.4. The number of aromatic nitrogens is 1. The lowest BCUT2D eigenvalue weighted by atomic mass is 9.96. The summed E-state index contributed by atoms with van der Waals surface area (Å²) >= 11 is 0. The first kappa shape index (κ1) is 12.9. The number of carbonyl (C=O) groups excluding carboxylic acids is 1. The zero-order valence-corrected chi connectivity index (χ0v) is 11.4. The Labute approximate surface area is 116 Å². The van der Waals surface area contributed by atoms with Crippen LogP contribution in [0.5, 0.6) is 0 Å². The first-order valence-corrected chi connectivity index (χ1v) is 8.08. The van der Waals surface area contributed by atoms with E-state index >= 15 is 0 Å². The molecule has 1 saturated heterocycles. The van der Waals surface area contributed by atoms with Gasteiger partial charge < -0.3 is 4.98 Å². The number of sulfone groups is 1. The summed E-state index contributed by atoms with van der Waals surface area (Å²) in [4.78, 5) is 15.4. The molecular weight excluding hydrogens is 276 g/mol. The molecule has 2 aromatic rings. The lowest BCUT2D eigenvalue weighted by molar-refractivity contribution is 0.0935. The molecule has 20 heavy (non-hydrogen) atoms. The van der Waals surface area contributed by atoms with Crippen molar-refractivity contribution >= 4 is 26.5 Å². The molecule has 0 spiro atoms. The molecule has 1 aliphatic heterocycles. The smallest absolute Gasteiger partial charge is 0.169 e. The molecular formula is C14H12N2O3S. The molecule has 0 radical (unpaired) electrons. The minimum Gasteiger partial charge on any atom is -0.360 e. The summed E-state index contributed by atoms with van der Waals surface area (Å²) in [5.74, 6) is -0.559. The summed E-state index contributed by atoms with van der Waals surface area (Å²) in [6.07, 6.45) is 1.99. The lowest BCUT2D eigenvalue weighted by Crippen LogP contribution is -2.15. The molecule has 1 aromatic carbocycles. The normalized spacial score (nSPS) is 20.9. The van der Waals surface area contributed by atoms with E-state index in [1.807, 2.05) is 6.07 Å². The van der Waals surface area contributed by atoms with Crippen LogP contribution in [0, 0.1) is 17.2 Å². The molecule has 5 nitrogen and oxygen atoms in total. The summed E-state index contributed by atoms with van der Waals surface area (Å²) in [6, 6.07) is 7.09. The standard InChI is InChI=1S/C14H12N2O3S/c15-6-9-1-2-11-12(7-16-13(11)5-9)14(17)10-3-4-20(18,19)8-10/h1-2,5,7,10,16H,3-4,8H2. The highest BCUT2D eigenvalue weighted by Gasteiger charge is 2.34. The van der Waals surface area contributed by atoms with Gasteiger partial charge in [0.2, 0.25) is 0 Å². The fourth-order valence-corrected chi connectivity index (χ4v) is 4.36. The van der Waals surface area contributed by atoms with E-state index in [0.29, 0.717) is 23.1 Å². The third kappa shape index (κ3) is 2.10. The SMILES string of the molecule is N#Cc1ccc2c(C(=O)C3CCS(=O)(=O)C3)c[nH]c2c1. The van der Waals surface area contributed by atoms with Gasteiger partial charge in [-0.2, -0.15) is 5.26 Å². The van der Waals surface area contributed by atoms with Crippen molar-refractivity contribution < 1.29 is 13.2 Å². The van der Waals surface area contributed by atoms with Crippen molar-refractivity contribution in [3.63, 3.8) is 0 Å². The molecule has 0 aliphatic carbocycles. The Balaban J connectivity index is 1.99. The van der Waals surface area contributed by atoms with Gasteiger partial charge >= 0.3 is 0 Å². The summed E-state index contributed by atoms with van der Waals surface area (Å²) in [5.41, 5.74) is 1.74. The molecule has 1 fully saturated rings. The largest absolute Gasteiger partial charge is 0.360 e. The van der Waals surface area contributed by atoms with Crippen molar-refractivity contribution in [3.8, 4) is 6.07 Å². The van der Waals surface area contributed by atoms with Gasteiger partial charge in [0.25, 0.3) is 0 Å². The van der Waals surface area contributed by atoms with E-state index in [9.17, 15) is 13.2 Å². The number of Topliss-reactive ketones (excluding diaryl/α,β-unsaturated/α-hetero) is 1. The van der Waals surface area contributed by atoms with Crippen LogP contribution < -0.4 is 0 Å². The summed E-state index contributed by atoms with van der Waals surface area (Å²) < 4.78 is 22.9. The molecule has 2 heterocycles. The highest BCUT2D eigenvalue weighted by molar-refractivity contribution is 7.91. The molecule has 102 valence electrons. The maximum Gasteiger partial charge on any atom is 0.169 e. The van der Waals surface area contributed by atoms with E-state index in [1.165, 1.54) is 0 Å². The Morgan fingerprint density at radius 3 is 2.85 bits per heavy atom. The van der Waals surface area contributed by atoms with Crippen LogP contribution in [0.1, 0.15) is 22.3 Å². The summed E-state index contributed by atoms with van der Waals surface area (Å²) in [6.45, 7) is 0. The second-order valence-corrected chi connectivity index (χ2v) is 7.27. The Morgan fingerprint density at radius 2 is 2.20 bits per heavy atom. The number of H-pyrrole nitrogens is 1. The predicted molar refractivity (Wildman–Crippen MR) is 74.1 cm³/mol. The second-order valence-electron chi connectivity index (χ2n) is 5.04. The molecule has 0 amide bonds. The van der Waals surface area contributed by atoms with Crippen LogP contribution in [-0.4, -0.2) is 30.7 Å². The Kier molecular flexibility index (Phi) is 2.87. The minimum absolute atomic E-state index is 0.0607. The van der Waals surface area contributed by atoms with Gasteiger partial charge in [-0.3, -0.25) is 4.79 Å². The van der Waals surface area contributed by atoms with Crippen molar-refractivity contribution in [1.29, 1.82) is 5.26 Å². The number of nitrogens with zero attached hydrogens (tertiary/aromatic N) is 1. The molecule has 1 N–H and O–H groups in total. The number of hydrogen-bond acceptors (Lipinski definition) is 4. The quantitative estimate of drug-likeness (QED) is 0.851. The fourth-order valence-electron chi connectivity index (χ4n) is 2.62. The number of nitriles is 1. The number of carbonyl (C=O) groups is 1. The first-order valence-electron chi connectivity index (χ1n) is 6.26. The van der Waals surface area contributed by atoms with Gasteiger partial charge in [0.15, 0.2) is 15.6 Å². The van der Waals surface area contributed by atoms with Crippen molar-refractivity contribution in [2.45, 2.75) is 6.42 Å². The van der Waals surface area contributed by atoms with Crippen LogP contribution in [0.2, 0.25) is 0 Å². The van der Waals surface area contributed by atoms with E-state index < -0.39 is 15.8 Å². The van der Waals surface area contributed by atoms with Crippen molar-refractivity contribution in [1.82, 2.24) is 4.98 Å². The number of rotatable bonds is 2. The average molecular weight is 288 g/mol. The second kappa shape index (κ2) is 4.46. The van der Waals surface area contributed by atoms with Crippen LogP contribution in [0.25, 0.3) is 10.9 Å². The molecule has 3 rings (SSSR count). The summed E-state index contributed by atoms with van der Waals surface area (Å²) in [7, 11) is -3.07. The first-order chi connectivity index (χ1) is 9.50. The van der Waals surface area contributed by atoms with Crippen LogP contribution in [0.4, 0.5) is 0 Å². The number of nitrogens with one attached hydrogen (secondary N) is 1. The van der Waals surface area contributed by atoms with Crippen LogP contribution >= 0.6 is 0 Å². The molecule has 6 heteroatoms. The highest BCUT2D eigenvalue weighted by Crippen LogP contribution is 2.27. The highest BCUT2D eigenvalue weighted by atomic mass is 32.2. The molecule has 0 bridgehead atoms. The molecule has 0 saturated carbocycles. The fraction of sp³-hybridized carbons (Fsp3) is 0.286. The van der Waals surface area contributed by atoms with Crippen LogP contribution in [0.3, 0.4) is 0 Å². The number of aromatic amines is 1. The minimum atomic E-state index is -3.07. The Morgan fingerprint density at radius 1 is 1.40 bits per heavy atom. The number of ketones is 1. The molecule has 1 atom stereocenters. The monoisotopic (exact) mass is 288 g/mol. The number of benzene rings is 1. The number of hydrogen-bond donors (Lipinski definition) is 1. The molecule has 1 unspecified atom stereocenters. The van der Waals surface area contributed by atoms with E-state index in [2.05, 4.69) is 4.98 Å². The third-order valence-corrected chi connectivity index (χ3v) is 5.45. The topological polar surface area (TPSA) is 90.8 Å². The van der Waals surface area contributed by atoms with Gasteiger partial charge in [0.05, 0.1) is 23.1 Å². The zero-order valence-electron chi connectivity index (χ0n) is 10.6. The van der Waals surface area contributed by atoms with Gasteiger partial charge in [0.1, 0.15) is 0 Å². The third-order valence-electron chi connectivity index (χ3n) is 3.68.